The zero-order valence-corrected chi connectivity index (χ0v) is 11.7. The number of hydrogen-bond acceptors (Lipinski definition) is 3. The second-order valence-corrected chi connectivity index (χ2v) is 4.57. The Morgan fingerprint density at radius 1 is 1.50 bits per heavy atom. The number of piperidine rings is 1. The number of hydrogen-bond donors (Lipinski definition) is 2. The number of rotatable bonds is 3. The molecule has 2 rings (SSSR count). The molecule has 1 aromatic rings. The van der Waals surface area contributed by atoms with Crippen LogP contribution in [0, 0.1) is 6.92 Å². The molecular weight excluding hydrogens is 252 g/mol. The summed E-state index contributed by atoms with van der Waals surface area (Å²) in [6.07, 6.45) is 2.81. The van der Waals surface area contributed by atoms with Crippen LogP contribution in [0.1, 0.15) is 41.6 Å². The van der Waals surface area contributed by atoms with Crippen LogP contribution in [0.15, 0.2) is 10.5 Å². The van der Waals surface area contributed by atoms with Gasteiger partial charge in [-0.05, 0) is 44.5 Å². The molecule has 1 aromatic heterocycles. The minimum Gasteiger partial charge on any atom is -0.456 e. The number of nitrogens with one attached hydrogen (secondary N) is 2. The van der Waals surface area contributed by atoms with Gasteiger partial charge >= 0.3 is 0 Å². The lowest BCUT2D eigenvalue weighted by Crippen LogP contribution is -2.42. The van der Waals surface area contributed by atoms with Crippen molar-refractivity contribution in [2.75, 3.05) is 13.1 Å². The van der Waals surface area contributed by atoms with Crippen LogP contribution in [0.5, 0.6) is 0 Å². The molecule has 0 bridgehead atoms. The molecule has 0 aromatic carbocycles. The van der Waals surface area contributed by atoms with Gasteiger partial charge in [0.1, 0.15) is 5.76 Å². The van der Waals surface area contributed by atoms with E-state index in [1.807, 2.05) is 19.9 Å². The van der Waals surface area contributed by atoms with E-state index >= 15 is 0 Å². The molecule has 0 aliphatic carbocycles. The van der Waals surface area contributed by atoms with Crippen LogP contribution >= 0.6 is 12.4 Å². The highest BCUT2D eigenvalue weighted by Gasteiger charge is 2.19. The monoisotopic (exact) mass is 272 g/mol. The molecule has 0 saturated carbocycles. The van der Waals surface area contributed by atoms with Crippen molar-refractivity contribution in [2.45, 2.75) is 39.2 Å². The maximum Gasteiger partial charge on any atom is 0.287 e. The van der Waals surface area contributed by atoms with Crippen LogP contribution in [0.2, 0.25) is 0 Å². The fourth-order valence-corrected chi connectivity index (χ4v) is 2.21. The lowest BCUT2D eigenvalue weighted by atomic mass is 10.1. The van der Waals surface area contributed by atoms with E-state index in [1.165, 1.54) is 0 Å². The Hall–Kier alpha value is -1.00. The van der Waals surface area contributed by atoms with E-state index in [1.54, 1.807) is 0 Å². The highest BCUT2D eigenvalue weighted by Crippen LogP contribution is 2.15. The Labute approximate surface area is 114 Å². The van der Waals surface area contributed by atoms with Crippen LogP contribution in [-0.4, -0.2) is 25.0 Å². The predicted molar refractivity (Wildman–Crippen MR) is 73.4 cm³/mol. The van der Waals surface area contributed by atoms with Gasteiger partial charge < -0.3 is 15.1 Å². The molecule has 2 heterocycles. The van der Waals surface area contributed by atoms with E-state index in [9.17, 15) is 4.79 Å². The van der Waals surface area contributed by atoms with E-state index in [-0.39, 0.29) is 24.4 Å². The summed E-state index contributed by atoms with van der Waals surface area (Å²) in [7, 11) is 0. The average molecular weight is 273 g/mol. The summed E-state index contributed by atoms with van der Waals surface area (Å²) < 4.78 is 5.54. The normalized spacial score (nSPS) is 16.1. The van der Waals surface area contributed by atoms with Crippen molar-refractivity contribution >= 4 is 18.3 Å². The van der Waals surface area contributed by atoms with Crippen LogP contribution in [0.4, 0.5) is 0 Å². The van der Waals surface area contributed by atoms with E-state index in [0.29, 0.717) is 5.76 Å². The molecule has 0 unspecified atom stereocenters. The summed E-state index contributed by atoms with van der Waals surface area (Å²) in [4.78, 5) is 12.0. The van der Waals surface area contributed by atoms with Crippen molar-refractivity contribution < 1.29 is 9.21 Å². The Morgan fingerprint density at radius 2 is 2.17 bits per heavy atom. The molecule has 0 radical (unpaired) electrons. The molecule has 1 amide bonds. The molecule has 18 heavy (non-hydrogen) atoms. The fourth-order valence-electron chi connectivity index (χ4n) is 2.21. The van der Waals surface area contributed by atoms with Crippen LogP contribution in [0.3, 0.4) is 0 Å². The summed E-state index contributed by atoms with van der Waals surface area (Å²) in [5, 5.41) is 6.30. The molecule has 4 nitrogen and oxygen atoms in total. The van der Waals surface area contributed by atoms with Crippen LogP contribution in [-0.2, 0) is 6.42 Å². The van der Waals surface area contributed by atoms with Crippen molar-refractivity contribution in [1.82, 2.24) is 10.6 Å². The Bertz CT molecular complexity index is 398. The third kappa shape index (κ3) is 3.50. The number of halogens is 1. The van der Waals surface area contributed by atoms with E-state index < -0.39 is 0 Å². The molecule has 0 atom stereocenters. The molecule has 0 spiro atoms. The zero-order valence-electron chi connectivity index (χ0n) is 10.9. The Kier molecular flexibility index (Phi) is 5.69. The molecule has 1 aliphatic rings. The summed E-state index contributed by atoms with van der Waals surface area (Å²) >= 11 is 0. The van der Waals surface area contributed by atoms with Gasteiger partial charge in [0.2, 0.25) is 0 Å². The smallest absolute Gasteiger partial charge is 0.287 e. The van der Waals surface area contributed by atoms with Crippen LogP contribution in [0.25, 0.3) is 0 Å². The summed E-state index contributed by atoms with van der Waals surface area (Å²) in [5.41, 5.74) is 1.06. The van der Waals surface area contributed by atoms with Gasteiger partial charge in [-0.25, -0.2) is 0 Å². The first-order valence-corrected chi connectivity index (χ1v) is 6.31. The van der Waals surface area contributed by atoms with Crippen molar-refractivity contribution in [3.8, 4) is 0 Å². The number of amides is 1. The molecule has 2 N–H and O–H groups in total. The van der Waals surface area contributed by atoms with Crippen molar-refractivity contribution in [2.24, 2.45) is 0 Å². The van der Waals surface area contributed by atoms with Crippen molar-refractivity contribution in [3.63, 3.8) is 0 Å². The first kappa shape index (κ1) is 15.1. The third-order valence-electron chi connectivity index (χ3n) is 3.24. The lowest BCUT2D eigenvalue weighted by molar-refractivity contribution is 0.0899. The third-order valence-corrected chi connectivity index (χ3v) is 3.24. The maximum absolute atomic E-state index is 12.0. The minimum absolute atomic E-state index is 0. The molecule has 1 fully saturated rings. The number of furan rings is 1. The maximum atomic E-state index is 12.0. The lowest BCUT2D eigenvalue weighted by Gasteiger charge is -2.23. The number of carbonyl (C=O) groups is 1. The molecule has 1 saturated heterocycles. The van der Waals surface area contributed by atoms with Gasteiger partial charge in [-0.1, -0.05) is 6.92 Å². The van der Waals surface area contributed by atoms with Gasteiger partial charge in [-0.15, -0.1) is 12.4 Å². The van der Waals surface area contributed by atoms with E-state index in [4.69, 9.17) is 4.42 Å². The van der Waals surface area contributed by atoms with Gasteiger partial charge in [-0.3, -0.25) is 4.79 Å². The van der Waals surface area contributed by atoms with Crippen molar-refractivity contribution in [3.05, 3.63) is 23.2 Å². The molecule has 1 aliphatic heterocycles. The number of aryl methyl sites for hydroxylation is 2. The van der Waals surface area contributed by atoms with Gasteiger partial charge in [0.25, 0.3) is 5.91 Å². The second-order valence-electron chi connectivity index (χ2n) is 4.57. The average Bonchev–Trinajstić information content (AvgIpc) is 2.72. The largest absolute Gasteiger partial charge is 0.456 e. The topological polar surface area (TPSA) is 54.3 Å². The standard InChI is InChI=1S/C13H20N2O2.ClH/c1-3-11-9(2)8-12(17-11)13(16)15-10-4-6-14-7-5-10;/h8,10,14H,3-7H2,1-2H3,(H,15,16);1H. The molecular formula is C13H21ClN2O2. The Balaban J connectivity index is 0.00000162. The van der Waals surface area contributed by atoms with Gasteiger partial charge in [0, 0.05) is 12.5 Å². The minimum atomic E-state index is -0.0836. The van der Waals surface area contributed by atoms with Gasteiger partial charge in [0.05, 0.1) is 0 Å². The fraction of sp³-hybridized carbons (Fsp3) is 0.615. The Morgan fingerprint density at radius 3 is 2.72 bits per heavy atom. The van der Waals surface area contributed by atoms with Gasteiger partial charge in [-0.2, -0.15) is 0 Å². The second kappa shape index (κ2) is 6.81. The number of carbonyl (C=O) groups excluding carboxylic acids is 1. The van der Waals surface area contributed by atoms with Gasteiger partial charge in [0.15, 0.2) is 5.76 Å². The van der Waals surface area contributed by atoms with Crippen LogP contribution < -0.4 is 10.6 Å². The predicted octanol–water partition coefficient (Wildman–Crippen LogP) is 2.05. The van der Waals surface area contributed by atoms with E-state index in [0.717, 1.165) is 43.7 Å². The highest BCUT2D eigenvalue weighted by atomic mass is 35.5. The highest BCUT2D eigenvalue weighted by molar-refractivity contribution is 5.92. The summed E-state index contributed by atoms with van der Waals surface area (Å²) in [5.74, 6) is 1.26. The first-order valence-electron chi connectivity index (χ1n) is 6.31. The summed E-state index contributed by atoms with van der Waals surface area (Å²) in [6, 6.07) is 2.11. The quantitative estimate of drug-likeness (QED) is 0.886. The molecule has 102 valence electrons. The van der Waals surface area contributed by atoms with Crippen molar-refractivity contribution in [1.29, 1.82) is 0 Å². The summed E-state index contributed by atoms with van der Waals surface area (Å²) in [6.45, 7) is 5.95. The molecule has 5 heteroatoms. The first-order chi connectivity index (χ1) is 8.20. The zero-order chi connectivity index (χ0) is 12.3. The SMILES string of the molecule is CCc1oc(C(=O)NC2CCNCC2)cc1C.Cl. The van der Waals surface area contributed by atoms with E-state index in [2.05, 4.69) is 10.6 Å².